The van der Waals surface area contributed by atoms with Crippen LogP contribution in [-0.2, 0) is 14.3 Å². The van der Waals surface area contributed by atoms with Crippen molar-refractivity contribution in [2.45, 2.75) is 26.8 Å². The van der Waals surface area contributed by atoms with Crippen LogP contribution in [0.5, 0.6) is 11.5 Å². The Bertz CT molecular complexity index is 1290. The number of rotatable bonds is 9. The van der Waals surface area contributed by atoms with Crippen molar-refractivity contribution in [1.29, 1.82) is 0 Å². The van der Waals surface area contributed by atoms with Crippen LogP contribution in [0.15, 0.2) is 64.3 Å². The van der Waals surface area contributed by atoms with Gasteiger partial charge in [0.25, 0.3) is 5.91 Å². The smallest absolute Gasteiger partial charge is 0.338 e. The van der Waals surface area contributed by atoms with Gasteiger partial charge in [-0.05, 0) is 62.1 Å². The number of carbonyl (C=O) groups excluding carboxylic acids is 2. The van der Waals surface area contributed by atoms with E-state index in [1.54, 1.807) is 38.1 Å². The molecule has 0 aromatic heterocycles. The van der Waals surface area contributed by atoms with Crippen LogP contribution >= 0.6 is 35.0 Å². The van der Waals surface area contributed by atoms with E-state index in [0.29, 0.717) is 45.1 Å². The second-order valence-electron chi connectivity index (χ2n) is 7.96. The summed E-state index contributed by atoms with van der Waals surface area (Å²) in [6.07, 6.45) is 1.89. The standard InChI is InChI=1S/C26H25Cl2N3O5S/c1-4-34-21-10-16(24-23(25(33)35-5-2)15(3)29-26-31(24)8-9-37-26)6-7-20(21)36-14-22(32)30-19-12-17(27)11-18(28)13-19/h6-13,24H,4-5,14H2,1-3H3,(H,30,32)/t24-/m0/s1. The minimum absolute atomic E-state index is 0.254. The number of anilines is 1. The average molecular weight is 562 g/mol. The topological polar surface area (TPSA) is 89.5 Å². The highest BCUT2D eigenvalue weighted by atomic mass is 35.5. The van der Waals surface area contributed by atoms with Crippen molar-refractivity contribution in [3.05, 3.63) is 74.9 Å². The van der Waals surface area contributed by atoms with Crippen LogP contribution < -0.4 is 14.8 Å². The molecule has 1 N–H and O–H groups in total. The number of nitrogens with one attached hydrogen (secondary N) is 1. The van der Waals surface area contributed by atoms with Gasteiger partial charge in [-0.25, -0.2) is 9.79 Å². The summed E-state index contributed by atoms with van der Waals surface area (Å²) in [7, 11) is 0. The third kappa shape index (κ3) is 6.23. The van der Waals surface area contributed by atoms with E-state index in [0.717, 1.165) is 10.7 Å². The van der Waals surface area contributed by atoms with Gasteiger partial charge < -0.3 is 24.4 Å². The number of amides is 1. The fourth-order valence-electron chi connectivity index (χ4n) is 3.95. The van der Waals surface area contributed by atoms with E-state index in [1.165, 1.54) is 11.8 Å². The number of hydrogen-bond donors (Lipinski definition) is 1. The molecule has 11 heteroatoms. The summed E-state index contributed by atoms with van der Waals surface area (Å²) in [6, 6.07) is 9.67. The zero-order valence-electron chi connectivity index (χ0n) is 20.4. The highest BCUT2D eigenvalue weighted by Gasteiger charge is 2.37. The number of carbonyl (C=O) groups is 2. The zero-order chi connectivity index (χ0) is 26.5. The number of amidine groups is 1. The molecule has 1 atom stereocenters. The molecular weight excluding hydrogens is 537 g/mol. The molecule has 37 heavy (non-hydrogen) atoms. The van der Waals surface area contributed by atoms with Gasteiger partial charge in [0.2, 0.25) is 0 Å². The first-order chi connectivity index (χ1) is 17.8. The number of thioether (sulfide) groups is 1. The van der Waals surface area contributed by atoms with Gasteiger partial charge in [-0.2, -0.15) is 0 Å². The third-order valence-electron chi connectivity index (χ3n) is 5.40. The lowest BCUT2D eigenvalue weighted by Crippen LogP contribution is -2.34. The van der Waals surface area contributed by atoms with E-state index in [-0.39, 0.29) is 19.1 Å². The predicted molar refractivity (Wildman–Crippen MR) is 146 cm³/mol. The van der Waals surface area contributed by atoms with Crippen LogP contribution in [0.2, 0.25) is 10.0 Å². The van der Waals surface area contributed by atoms with Crippen LogP contribution in [0.3, 0.4) is 0 Å². The SMILES string of the molecule is CCOC(=O)C1=C(C)N=C2SC=CN2[C@H]1c1ccc(OCC(=O)Nc2cc(Cl)cc(Cl)c2)c(OCC)c1. The van der Waals surface area contributed by atoms with Gasteiger partial charge in [0, 0.05) is 21.9 Å². The van der Waals surface area contributed by atoms with E-state index in [1.807, 2.05) is 35.6 Å². The van der Waals surface area contributed by atoms with Crippen molar-refractivity contribution in [1.82, 2.24) is 4.90 Å². The quantitative estimate of drug-likeness (QED) is 0.365. The number of esters is 1. The Hall–Kier alpha value is -3.14. The number of benzene rings is 2. The van der Waals surface area contributed by atoms with Crippen molar-refractivity contribution < 1.29 is 23.8 Å². The van der Waals surface area contributed by atoms with Gasteiger partial charge in [-0.15, -0.1) is 0 Å². The maximum atomic E-state index is 12.9. The molecule has 4 rings (SSSR count). The number of ether oxygens (including phenoxy) is 3. The fourth-order valence-corrected chi connectivity index (χ4v) is 5.26. The first-order valence-corrected chi connectivity index (χ1v) is 13.2. The van der Waals surface area contributed by atoms with E-state index in [9.17, 15) is 9.59 Å². The molecule has 0 saturated carbocycles. The fraction of sp³-hybridized carbons (Fsp3) is 0.269. The molecule has 2 aromatic carbocycles. The summed E-state index contributed by atoms with van der Waals surface area (Å²) in [5.74, 6) is 0.0215. The van der Waals surface area contributed by atoms with Gasteiger partial charge in [0.15, 0.2) is 23.3 Å². The van der Waals surface area contributed by atoms with Crippen LogP contribution in [0.1, 0.15) is 32.4 Å². The van der Waals surface area contributed by atoms with Gasteiger partial charge in [-0.3, -0.25) is 4.79 Å². The molecule has 8 nitrogen and oxygen atoms in total. The second kappa shape index (κ2) is 11.9. The van der Waals surface area contributed by atoms with Gasteiger partial charge in [0.05, 0.1) is 30.5 Å². The maximum Gasteiger partial charge on any atom is 0.338 e. The van der Waals surface area contributed by atoms with Crippen LogP contribution in [0.4, 0.5) is 5.69 Å². The minimum atomic E-state index is -0.457. The number of allylic oxidation sites excluding steroid dienone is 1. The highest BCUT2D eigenvalue weighted by molar-refractivity contribution is 8.16. The molecule has 2 aliphatic heterocycles. The lowest BCUT2D eigenvalue weighted by molar-refractivity contribution is -0.139. The summed E-state index contributed by atoms with van der Waals surface area (Å²) in [6.45, 7) is 5.79. The Kier molecular flexibility index (Phi) is 8.68. The molecule has 2 aliphatic rings. The molecule has 2 aromatic rings. The molecule has 0 saturated heterocycles. The van der Waals surface area contributed by atoms with Gasteiger partial charge >= 0.3 is 5.97 Å². The number of hydrogen-bond acceptors (Lipinski definition) is 8. The van der Waals surface area contributed by atoms with Crippen LogP contribution in [-0.4, -0.2) is 41.8 Å². The number of nitrogens with zero attached hydrogens (tertiary/aromatic N) is 2. The summed E-state index contributed by atoms with van der Waals surface area (Å²) < 4.78 is 17.0. The first kappa shape index (κ1) is 26.9. The van der Waals surface area contributed by atoms with E-state index >= 15 is 0 Å². The molecular formula is C26H25Cl2N3O5S. The summed E-state index contributed by atoms with van der Waals surface area (Å²) in [5.41, 5.74) is 2.30. The van der Waals surface area contributed by atoms with Gasteiger partial charge in [0.1, 0.15) is 0 Å². The van der Waals surface area contributed by atoms with Crippen molar-refractivity contribution >= 4 is 57.7 Å². The van der Waals surface area contributed by atoms with Crippen molar-refractivity contribution in [3.8, 4) is 11.5 Å². The Morgan fingerprint density at radius 3 is 2.51 bits per heavy atom. The highest BCUT2D eigenvalue weighted by Crippen LogP contribution is 2.43. The largest absolute Gasteiger partial charge is 0.490 e. The summed E-state index contributed by atoms with van der Waals surface area (Å²) in [5, 5.41) is 6.21. The van der Waals surface area contributed by atoms with Crippen LogP contribution in [0, 0.1) is 0 Å². The number of halogens is 2. The molecule has 0 bridgehead atoms. The Balaban J connectivity index is 1.57. The lowest BCUT2D eigenvalue weighted by atomic mass is 9.94. The Morgan fingerprint density at radius 2 is 1.81 bits per heavy atom. The summed E-state index contributed by atoms with van der Waals surface area (Å²) >= 11 is 13.5. The monoisotopic (exact) mass is 561 g/mol. The number of aliphatic imine (C=N–C) groups is 1. The molecule has 0 aliphatic carbocycles. The predicted octanol–water partition coefficient (Wildman–Crippen LogP) is 6.18. The molecule has 2 heterocycles. The van der Waals surface area contributed by atoms with Crippen molar-refractivity contribution in [2.24, 2.45) is 4.99 Å². The molecule has 0 radical (unpaired) electrons. The second-order valence-corrected chi connectivity index (χ2v) is 9.71. The maximum absolute atomic E-state index is 12.9. The molecule has 194 valence electrons. The molecule has 0 fully saturated rings. The Morgan fingerprint density at radius 1 is 1.05 bits per heavy atom. The van der Waals surface area contributed by atoms with E-state index < -0.39 is 12.0 Å². The normalized spacial score (nSPS) is 16.3. The third-order valence-corrected chi connectivity index (χ3v) is 6.61. The van der Waals surface area contributed by atoms with Gasteiger partial charge in [-0.1, -0.05) is 41.0 Å². The minimum Gasteiger partial charge on any atom is -0.490 e. The average Bonchev–Trinajstić information content (AvgIpc) is 3.30. The van der Waals surface area contributed by atoms with Crippen molar-refractivity contribution in [3.63, 3.8) is 0 Å². The molecule has 0 spiro atoms. The zero-order valence-corrected chi connectivity index (χ0v) is 22.7. The molecule has 1 amide bonds. The lowest BCUT2D eigenvalue weighted by Gasteiger charge is -2.33. The van der Waals surface area contributed by atoms with Crippen LogP contribution in [0.25, 0.3) is 0 Å². The Labute approximate surface area is 229 Å². The molecule has 0 unspecified atom stereocenters. The van der Waals surface area contributed by atoms with E-state index in [2.05, 4.69) is 10.3 Å². The van der Waals surface area contributed by atoms with Crippen molar-refractivity contribution in [2.75, 3.05) is 25.1 Å². The number of fused-ring (bicyclic) bond motifs is 1. The summed E-state index contributed by atoms with van der Waals surface area (Å²) in [4.78, 5) is 31.9. The van der Waals surface area contributed by atoms with E-state index in [4.69, 9.17) is 37.4 Å². The first-order valence-electron chi connectivity index (χ1n) is 11.5.